The Bertz CT molecular complexity index is 788. The lowest BCUT2D eigenvalue weighted by molar-refractivity contribution is -0.131. The predicted octanol–water partition coefficient (Wildman–Crippen LogP) is 4.63. The van der Waals surface area contributed by atoms with E-state index in [-0.39, 0.29) is 6.10 Å². The molecule has 4 heteroatoms. The van der Waals surface area contributed by atoms with Gasteiger partial charge in [-0.3, -0.25) is 0 Å². The summed E-state index contributed by atoms with van der Waals surface area (Å²) in [4.78, 5) is 16.1. The second-order valence-electron chi connectivity index (χ2n) is 5.73. The molecule has 0 fully saturated rings. The van der Waals surface area contributed by atoms with Crippen LogP contribution in [0.3, 0.4) is 0 Å². The number of benzene rings is 2. The maximum Gasteiger partial charge on any atom is 0.328 e. The quantitative estimate of drug-likeness (QED) is 0.456. The number of carbonyl (C=O) groups is 1. The van der Waals surface area contributed by atoms with E-state index < -0.39 is 5.97 Å². The Kier molecular flexibility index (Phi) is 6.29. The maximum atomic E-state index is 10.6. The molecule has 128 valence electrons. The lowest BCUT2D eigenvalue weighted by Crippen LogP contribution is -2.07. The molecule has 0 radical (unpaired) electrons. The SMILES string of the molecule is C=C(/C(=N\OC(C)C)c1ccc(/C=C/C(=O)O)cc1)c1ccccc1. The zero-order valence-electron chi connectivity index (χ0n) is 14.3. The minimum Gasteiger partial charge on any atom is -0.478 e. The van der Waals surface area contributed by atoms with Gasteiger partial charge in [0.1, 0.15) is 11.8 Å². The van der Waals surface area contributed by atoms with Gasteiger partial charge >= 0.3 is 5.97 Å². The number of oxime groups is 1. The van der Waals surface area contributed by atoms with Crippen molar-refractivity contribution in [2.75, 3.05) is 0 Å². The molecule has 2 rings (SSSR count). The molecule has 4 nitrogen and oxygen atoms in total. The molecule has 1 N–H and O–H groups in total. The highest BCUT2D eigenvalue weighted by atomic mass is 16.6. The van der Waals surface area contributed by atoms with Crippen LogP contribution < -0.4 is 0 Å². The highest BCUT2D eigenvalue weighted by molar-refractivity contribution is 6.31. The van der Waals surface area contributed by atoms with Crippen molar-refractivity contribution in [1.29, 1.82) is 0 Å². The average molecular weight is 335 g/mol. The first kappa shape index (κ1) is 18.2. The Morgan fingerprint density at radius 1 is 1.08 bits per heavy atom. The van der Waals surface area contributed by atoms with Crippen LogP contribution in [0.5, 0.6) is 0 Å². The summed E-state index contributed by atoms with van der Waals surface area (Å²) in [6, 6.07) is 17.2. The van der Waals surface area contributed by atoms with Gasteiger partial charge in [-0.05, 0) is 31.1 Å². The number of nitrogens with zero attached hydrogens (tertiary/aromatic N) is 1. The molecule has 0 atom stereocenters. The van der Waals surface area contributed by atoms with Crippen molar-refractivity contribution in [3.8, 4) is 0 Å². The average Bonchev–Trinajstić information content (AvgIpc) is 2.61. The van der Waals surface area contributed by atoms with Crippen LogP contribution in [-0.2, 0) is 9.63 Å². The van der Waals surface area contributed by atoms with Gasteiger partial charge in [0.25, 0.3) is 0 Å². The monoisotopic (exact) mass is 335 g/mol. The first-order valence-corrected chi connectivity index (χ1v) is 7.97. The third-order valence-corrected chi connectivity index (χ3v) is 3.37. The lowest BCUT2D eigenvalue weighted by Gasteiger charge is -2.12. The van der Waals surface area contributed by atoms with Crippen LogP contribution in [0.25, 0.3) is 11.6 Å². The van der Waals surface area contributed by atoms with Crippen LogP contribution in [0.4, 0.5) is 0 Å². The van der Waals surface area contributed by atoms with Crippen LogP contribution in [0.2, 0.25) is 0 Å². The summed E-state index contributed by atoms with van der Waals surface area (Å²) in [6.07, 6.45) is 2.60. The van der Waals surface area contributed by atoms with E-state index in [1.54, 1.807) is 6.08 Å². The number of hydrogen-bond acceptors (Lipinski definition) is 3. The van der Waals surface area contributed by atoms with Crippen molar-refractivity contribution in [3.63, 3.8) is 0 Å². The van der Waals surface area contributed by atoms with Gasteiger partial charge in [0.2, 0.25) is 0 Å². The molecule has 2 aromatic carbocycles. The molecule has 0 saturated heterocycles. The molecule has 0 aliphatic rings. The highest BCUT2D eigenvalue weighted by Gasteiger charge is 2.12. The van der Waals surface area contributed by atoms with Gasteiger partial charge in [-0.1, -0.05) is 66.3 Å². The van der Waals surface area contributed by atoms with E-state index in [1.165, 1.54) is 0 Å². The maximum absolute atomic E-state index is 10.6. The first-order valence-electron chi connectivity index (χ1n) is 7.97. The van der Waals surface area contributed by atoms with Gasteiger partial charge in [0, 0.05) is 17.2 Å². The van der Waals surface area contributed by atoms with E-state index in [4.69, 9.17) is 9.94 Å². The zero-order valence-corrected chi connectivity index (χ0v) is 14.3. The fraction of sp³-hybridized carbons (Fsp3) is 0.143. The smallest absolute Gasteiger partial charge is 0.328 e. The van der Waals surface area contributed by atoms with Gasteiger partial charge in [-0.15, -0.1) is 0 Å². The van der Waals surface area contributed by atoms with Crippen molar-refractivity contribution in [3.05, 3.63) is 83.9 Å². The van der Waals surface area contributed by atoms with Crippen LogP contribution in [0.1, 0.15) is 30.5 Å². The third kappa shape index (κ3) is 5.46. The van der Waals surface area contributed by atoms with E-state index in [1.807, 2.05) is 68.4 Å². The van der Waals surface area contributed by atoms with Crippen molar-refractivity contribution >= 4 is 23.3 Å². The minimum atomic E-state index is -0.978. The van der Waals surface area contributed by atoms with E-state index in [0.717, 1.165) is 28.3 Å². The molecule has 0 bridgehead atoms. The van der Waals surface area contributed by atoms with Crippen molar-refractivity contribution in [2.45, 2.75) is 20.0 Å². The van der Waals surface area contributed by atoms with Crippen LogP contribution >= 0.6 is 0 Å². The topological polar surface area (TPSA) is 58.9 Å². The fourth-order valence-corrected chi connectivity index (χ4v) is 2.14. The minimum absolute atomic E-state index is 0.0450. The number of hydrogen-bond donors (Lipinski definition) is 1. The number of carboxylic acids is 1. The van der Waals surface area contributed by atoms with Crippen LogP contribution in [-0.4, -0.2) is 22.9 Å². The Balaban J connectivity index is 2.34. The van der Waals surface area contributed by atoms with Crippen molar-refractivity contribution in [1.82, 2.24) is 0 Å². The Hall–Kier alpha value is -3.14. The van der Waals surface area contributed by atoms with Gasteiger partial charge in [0.15, 0.2) is 0 Å². The van der Waals surface area contributed by atoms with Gasteiger partial charge in [0.05, 0.1) is 0 Å². The van der Waals surface area contributed by atoms with Gasteiger partial charge in [-0.25, -0.2) is 4.79 Å². The van der Waals surface area contributed by atoms with Crippen LogP contribution in [0, 0.1) is 0 Å². The molecule has 0 amide bonds. The molecular formula is C21H21NO3. The van der Waals surface area contributed by atoms with Crippen molar-refractivity contribution < 1.29 is 14.7 Å². The molecule has 0 spiro atoms. The second-order valence-corrected chi connectivity index (χ2v) is 5.73. The summed E-state index contributed by atoms with van der Waals surface area (Å²) < 4.78 is 0. The van der Waals surface area contributed by atoms with Gasteiger partial charge < -0.3 is 9.94 Å². The standard InChI is InChI=1S/C21H21NO3/c1-15(2)25-22-21(16(3)18-7-5-4-6-8-18)19-12-9-17(10-13-19)11-14-20(23)24/h4-15H,3H2,1-2H3,(H,23,24)/b14-11+,22-21+. The van der Waals surface area contributed by atoms with E-state index in [2.05, 4.69) is 11.7 Å². The lowest BCUT2D eigenvalue weighted by atomic mass is 9.97. The molecular weight excluding hydrogens is 314 g/mol. The number of aliphatic carboxylic acids is 1. The number of allylic oxidation sites excluding steroid dienone is 1. The number of rotatable bonds is 7. The Labute approximate surface area is 147 Å². The molecule has 0 aliphatic heterocycles. The second kappa shape index (κ2) is 8.64. The Morgan fingerprint density at radius 3 is 2.28 bits per heavy atom. The summed E-state index contributed by atoms with van der Waals surface area (Å²) in [7, 11) is 0. The summed E-state index contributed by atoms with van der Waals surface area (Å²) in [5.74, 6) is -0.978. The Morgan fingerprint density at radius 2 is 1.72 bits per heavy atom. The number of carboxylic acid groups (broad SMARTS) is 1. The summed E-state index contributed by atoms with van der Waals surface area (Å²) in [5, 5.41) is 13.0. The largest absolute Gasteiger partial charge is 0.478 e. The van der Waals surface area contributed by atoms with Crippen LogP contribution in [0.15, 0.2) is 72.4 Å². The van der Waals surface area contributed by atoms with Gasteiger partial charge in [-0.2, -0.15) is 0 Å². The zero-order chi connectivity index (χ0) is 18.2. The summed E-state index contributed by atoms with van der Waals surface area (Å²) in [5.41, 5.74) is 4.01. The molecule has 25 heavy (non-hydrogen) atoms. The predicted molar refractivity (Wildman–Crippen MR) is 101 cm³/mol. The summed E-state index contributed by atoms with van der Waals surface area (Å²) >= 11 is 0. The molecule has 0 aliphatic carbocycles. The van der Waals surface area contributed by atoms with E-state index in [9.17, 15) is 4.79 Å². The molecule has 0 aromatic heterocycles. The van der Waals surface area contributed by atoms with E-state index in [0.29, 0.717) is 5.71 Å². The molecule has 2 aromatic rings. The first-order chi connectivity index (χ1) is 12.0. The third-order valence-electron chi connectivity index (χ3n) is 3.37. The summed E-state index contributed by atoms with van der Waals surface area (Å²) in [6.45, 7) is 7.98. The molecule has 0 unspecified atom stereocenters. The normalized spacial score (nSPS) is 11.7. The van der Waals surface area contributed by atoms with E-state index >= 15 is 0 Å². The highest BCUT2D eigenvalue weighted by Crippen LogP contribution is 2.20. The van der Waals surface area contributed by atoms with Crippen molar-refractivity contribution in [2.24, 2.45) is 5.16 Å². The fourth-order valence-electron chi connectivity index (χ4n) is 2.14. The molecule has 0 saturated carbocycles. The molecule has 0 heterocycles.